The summed E-state index contributed by atoms with van der Waals surface area (Å²) in [5.41, 5.74) is 1.27. The second kappa shape index (κ2) is 4.13. The second-order valence-electron chi connectivity index (χ2n) is 4.38. The molecule has 1 unspecified atom stereocenters. The molecule has 1 aliphatic rings. The average molecular weight is 206 g/mol. The first-order valence-corrected chi connectivity index (χ1v) is 5.62. The normalized spacial score (nSPS) is 19.6. The van der Waals surface area contributed by atoms with E-state index in [0.29, 0.717) is 6.10 Å². The molecule has 2 rings (SSSR count). The topological polar surface area (TPSA) is 18.5 Å². The Morgan fingerprint density at radius 2 is 2.20 bits per heavy atom. The molecule has 0 radical (unpaired) electrons. The van der Waals surface area contributed by atoms with Crippen molar-refractivity contribution in [1.82, 2.24) is 0 Å². The summed E-state index contributed by atoms with van der Waals surface area (Å²) in [5.74, 6) is 1.83. The van der Waals surface area contributed by atoms with Gasteiger partial charge in [0.05, 0.1) is 12.2 Å². The van der Waals surface area contributed by atoms with Gasteiger partial charge in [0.2, 0.25) is 0 Å². The van der Waals surface area contributed by atoms with Crippen LogP contribution in [-0.2, 0) is 6.42 Å². The molecule has 0 aliphatic carbocycles. The number of benzene rings is 1. The first kappa shape index (κ1) is 10.3. The summed E-state index contributed by atoms with van der Waals surface area (Å²) in [4.78, 5) is 0. The van der Waals surface area contributed by atoms with Crippen LogP contribution in [-0.4, -0.2) is 12.2 Å². The van der Waals surface area contributed by atoms with Crippen LogP contribution in [0.3, 0.4) is 0 Å². The molecule has 2 heteroatoms. The van der Waals surface area contributed by atoms with Crippen LogP contribution in [0.15, 0.2) is 18.2 Å². The van der Waals surface area contributed by atoms with E-state index in [-0.39, 0.29) is 6.10 Å². The molecular weight excluding hydrogens is 188 g/mol. The van der Waals surface area contributed by atoms with Crippen LogP contribution in [0.4, 0.5) is 0 Å². The summed E-state index contributed by atoms with van der Waals surface area (Å²) < 4.78 is 11.6. The minimum Gasteiger partial charge on any atom is -0.487 e. The van der Waals surface area contributed by atoms with Crippen molar-refractivity contribution in [2.45, 2.75) is 45.8 Å². The molecular formula is C13H18O2. The van der Waals surface area contributed by atoms with Crippen LogP contribution in [0.5, 0.6) is 11.5 Å². The summed E-state index contributed by atoms with van der Waals surface area (Å²) in [5, 5.41) is 0. The predicted octanol–water partition coefficient (Wildman–Crippen LogP) is 3.19. The van der Waals surface area contributed by atoms with Crippen molar-refractivity contribution in [1.29, 1.82) is 0 Å². The number of para-hydroxylation sites is 1. The van der Waals surface area contributed by atoms with E-state index >= 15 is 0 Å². The number of ether oxygens (including phenoxy) is 2. The van der Waals surface area contributed by atoms with Crippen LogP contribution >= 0.6 is 0 Å². The Balaban J connectivity index is 2.31. The fourth-order valence-corrected chi connectivity index (χ4v) is 1.86. The van der Waals surface area contributed by atoms with Crippen molar-refractivity contribution < 1.29 is 9.47 Å². The number of rotatable bonds is 2. The molecule has 0 fully saturated rings. The van der Waals surface area contributed by atoms with E-state index in [4.69, 9.17) is 9.47 Å². The van der Waals surface area contributed by atoms with E-state index in [0.717, 1.165) is 24.3 Å². The van der Waals surface area contributed by atoms with Crippen LogP contribution in [0.2, 0.25) is 0 Å². The number of hydrogen-bond donors (Lipinski definition) is 0. The van der Waals surface area contributed by atoms with E-state index in [1.807, 2.05) is 26.0 Å². The molecule has 1 aromatic carbocycles. The monoisotopic (exact) mass is 206 g/mol. The Morgan fingerprint density at radius 3 is 2.93 bits per heavy atom. The summed E-state index contributed by atoms with van der Waals surface area (Å²) in [7, 11) is 0. The fourth-order valence-electron chi connectivity index (χ4n) is 1.86. The van der Waals surface area contributed by atoms with E-state index in [2.05, 4.69) is 13.0 Å². The Kier molecular flexibility index (Phi) is 2.85. The molecule has 1 atom stereocenters. The zero-order valence-electron chi connectivity index (χ0n) is 9.62. The molecule has 82 valence electrons. The molecule has 0 aromatic heterocycles. The minimum absolute atomic E-state index is 0.192. The summed E-state index contributed by atoms with van der Waals surface area (Å²) in [6, 6.07) is 6.14. The smallest absolute Gasteiger partial charge is 0.164 e. The number of fused-ring (bicyclic) bond motifs is 1. The zero-order valence-corrected chi connectivity index (χ0v) is 9.62. The van der Waals surface area contributed by atoms with E-state index in [9.17, 15) is 0 Å². The lowest BCUT2D eigenvalue weighted by atomic mass is 10.0. The Hall–Kier alpha value is -1.18. The van der Waals surface area contributed by atoms with E-state index < -0.39 is 0 Å². The third-order valence-electron chi connectivity index (χ3n) is 2.56. The number of aryl methyl sites for hydroxylation is 1. The second-order valence-corrected chi connectivity index (χ2v) is 4.38. The summed E-state index contributed by atoms with van der Waals surface area (Å²) >= 11 is 0. The third-order valence-corrected chi connectivity index (χ3v) is 2.56. The lowest BCUT2D eigenvalue weighted by molar-refractivity contribution is 0.168. The minimum atomic E-state index is 0.192. The van der Waals surface area contributed by atoms with Gasteiger partial charge in [0, 0.05) is 0 Å². The highest BCUT2D eigenvalue weighted by Gasteiger charge is 2.20. The third kappa shape index (κ3) is 2.25. The summed E-state index contributed by atoms with van der Waals surface area (Å²) in [6.45, 7) is 6.17. The van der Waals surface area contributed by atoms with Crippen LogP contribution < -0.4 is 9.47 Å². The predicted molar refractivity (Wildman–Crippen MR) is 60.6 cm³/mol. The van der Waals surface area contributed by atoms with Gasteiger partial charge in [0.1, 0.15) is 0 Å². The van der Waals surface area contributed by atoms with Gasteiger partial charge in [-0.2, -0.15) is 0 Å². The van der Waals surface area contributed by atoms with Gasteiger partial charge in [-0.15, -0.1) is 0 Å². The van der Waals surface area contributed by atoms with Crippen molar-refractivity contribution in [3.63, 3.8) is 0 Å². The van der Waals surface area contributed by atoms with Gasteiger partial charge < -0.3 is 9.47 Å². The van der Waals surface area contributed by atoms with Gasteiger partial charge in [0.15, 0.2) is 11.5 Å². The molecule has 0 spiro atoms. The fraction of sp³-hybridized carbons (Fsp3) is 0.538. The van der Waals surface area contributed by atoms with E-state index in [1.54, 1.807) is 0 Å². The van der Waals surface area contributed by atoms with Crippen molar-refractivity contribution in [3.05, 3.63) is 23.8 Å². The highest BCUT2D eigenvalue weighted by atomic mass is 16.5. The molecule has 0 saturated heterocycles. The first-order valence-electron chi connectivity index (χ1n) is 5.62. The van der Waals surface area contributed by atoms with Gasteiger partial charge in [-0.25, -0.2) is 0 Å². The maximum Gasteiger partial charge on any atom is 0.164 e. The molecule has 15 heavy (non-hydrogen) atoms. The van der Waals surface area contributed by atoms with E-state index in [1.165, 1.54) is 5.56 Å². The van der Waals surface area contributed by atoms with Crippen LogP contribution in [0.1, 0.15) is 32.8 Å². The maximum absolute atomic E-state index is 5.84. The van der Waals surface area contributed by atoms with Crippen molar-refractivity contribution in [3.8, 4) is 11.5 Å². The molecule has 1 heterocycles. The van der Waals surface area contributed by atoms with Gasteiger partial charge in [-0.05, 0) is 45.2 Å². The zero-order chi connectivity index (χ0) is 10.8. The highest BCUT2D eigenvalue weighted by Crippen LogP contribution is 2.36. The van der Waals surface area contributed by atoms with Crippen LogP contribution in [0, 0.1) is 0 Å². The molecule has 1 aromatic rings. The lowest BCUT2D eigenvalue weighted by Crippen LogP contribution is -2.20. The molecule has 0 N–H and O–H groups in total. The Bertz CT molecular complexity index is 344. The molecule has 2 nitrogen and oxygen atoms in total. The van der Waals surface area contributed by atoms with Gasteiger partial charge in [-0.3, -0.25) is 0 Å². The first-order chi connectivity index (χ1) is 7.16. The van der Waals surface area contributed by atoms with Crippen LogP contribution in [0.25, 0.3) is 0 Å². The molecule has 0 bridgehead atoms. The van der Waals surface area contributed by atoms with Crippen molar-refractivity contribution >= 4 is 0 Å². The Labute approximate surface area is 91.2 Å². The molecule has 0 saturated carbocycles. The average Bonchev–Trinajstić information content (AvgIpc) is 2.18. The standard InChI is InChI=1S/C13H18O2/c1-9(2)14-12-6-4-5-11-8-7-10(3)15-13(11)12/h4-6,9-10H,7-8H2,1-3H3. The van der Waals surface area contributed by atoms with Gasteiger partial charge in [-0.1, -0.05) is 12.1 Å². The molecule has 1 aliphatic heterocycles. The quantitative estimate of drug-likeness (QED) is 0.740. The largest absolute Gasteiger partial charge is 0.487 e. The SMILES string of the molecule is CC(C)Oc1cccc2c1OC(C)CC2. The number of hydrogen-bond acceptors (Lipinski definition) is 2. The Morgan fingerprint density at radius 1 is 1.40 bits per heavy atom. The van der Waals surface area contributed by atoms with Crippen molar-refractivity contribution in [2.75, 3.05) is 0 Å². The lowest BCUT2D eigenvalue weighted by Gasteiger charge is -2.25. The highest BCUT2D eigenvalue weighted by molar-refractivity contribution is 5.47. The molecule has 0 amide bonds. The maximum atomic E-state index is 5.84. The van der Waals surface area contributed by atoms with Crippen molar-refractivity contribution in [2.24, 2.45) is 0 Å². The summed E-state index contributed by atoms with van der Waals surface area (Å²) in [6.07, 6.45) is 2.68. The van der Waals surface area contributed by atoms with Gasteiger partial charge in [0.25, 0.3) is 0 Å². The van der Waals surface area contributed by atoms with Gasteiger partial charge >= 0.3 is 0 Å².